The van der Waals surface area contributed by atoms with Gasteiger partial charge in [0.15, 0.2) is 16.0 Å². The Morgan fingerprint density at radius 2 is 2.18 bits per heavy atom. The molecule has 38 heavy (non-hydrogen) atoms. The molecule has 15 nitrogen and oxygen atoms in total. The molecular formula is C20H20N8O7S3. The Morgan fingerprint density at radius 3 is 2.82 bits per heavy atom. The van der Waals surface area contributed by atoms with Crippen LogP contribution in [-0.4, -0.2) is 77.5 Å². The fourth-order valence-corrected chi connectivity index (χ4v) is 6.29. The van der Waals surface area contributed by atoms with Gasteiger partial charge in [-0.2, -0.15) is 0 Å². The number of nitrogens with two attached hydrogens (primary N) is 1. The van der Waals surface area contributed by atoms with E-state index in [-0.39, 0.29) is 39.7 Å². The number of carboxylic acids is 1. The van der Waals surface area contributed by atoms with Crippen molar-refractivity contribution in [1.82, 2.24) is 30.0 Å². The van der Waals surface area contributed by atoms with Crippen LogP contribution < -0.4 is 22.2 Å². The zero-order valence-electron chi connectivity index (χ0n) is 19.7. The van der Waals surface area contributed by atoms with Crippen molar-refractivity contribution in [2.24, 2.45) is 5.16 Å². The normalized spacial score (nSPS) is 19.4. The molecular weight excluding hydrogens is 560 g/mol. The molecule has 1 saturated heterocycles. The van der Waals surface area contributed by atoms with Crippen LogP contribution in [0, 0.1) is 0 Å². The highest BCUT2D eigenvalue weighted by Gasteiger charge is 2.54. The fraction of sp³-hybridized carbons (Fsp3) is 0.300. The number of hydrogen-bond donors (Lipinski definition) is 4. The fourth-order valence-electron chi connectivity index (χ4n) is 3.63. The lowest BCUT2D eigenvalue weighted by Crippen LogP contribution is -2.71. The Balaban J connectivity index is 1.52. The Bertz CT molecular complexity index is 1510. The van der Waals surface area contributed by atoms with Gasteiger partial charge in [0, 0.05) is 17.7 Å². The van der Waals surface area contributed by atoms with Crippen molar-refractivity contribution in [3.05, 3.63) is 54.5 Å². The summed E-state index contributed by atoms with van der Waals surface area (Å²) in [5.41, 5.74) is 4.15. The third kappa shape index (κ3) is 5.09. The number of aromatic nitrogens is 4. The van der Waals surface area contributed by atoms with E-state index in [9.17, 15) is 29.1 Å². The summed E-state index contributed by atoms with van der Waals surface area (Å²) < 4.78 is 1.18. The van der Waals surface area contributed by atoms with E-state index in [1.807, 2.05) is 0 Å². The highest BCUT2D eigenvalue weighted by molar-refractivity contribution is 8.02. The number of carbonyl (C=O) groups excluding carboxylic acids is 2. The maximum Gasteiger partial charge on any atom is 0.352 e. The molecule has 0 radical (unpaired) electrons. The van der Waals surface area contributed by atoms with E-state index in [2.05, 4.69) is 25.7 Å². The van der Waals surface area contributed by atoms with Crippen molar-refractivity contribution < 1.29 is 24.3 Å². The molecule has 0 bridgehead atoms. The standard InChI is InChI=1S/C20H20N8O7S3/c1-3-27-16(32)14(30)24-25-20(27)36-5-4-8-6-37-17-11(15(31)28(17)12(8)18(33)34)23-13(29)10(26-35-2)9-7-38-19(21)22-9/h4-5,7,11,17H,3,6H2,1-2H3,(H2,21,22)(H,23,29)(H,24,30)(H,33,34). The average molecular weight is 581 g/mol. The maximum atomic E-state index is 12.9. The molecule has 4 heterocycles. The number of thiazole rings is 1. The number of anilines is 1. The Hall–Kier alpha value is -3.90. The number of aromatic amines is 1. The Labute approximate surface area is 225 Å². The molecule has 2 aliphatic heterocycles. The van der Waals surface area contributed by atoms with Crippen molar-refractivity contribution in [3.63, 3.8) is 0 Å². The summed E-state index contributed by atoms with van der Waals surface area (Å²) in [6.07, 6.45) is 1.50. The summed E-state index contributed by atoms with van der Waals surface area (Å²) in [5.74, 6) is -2.43. The first kappa shape index (κ1) is 27.1. The summed E-state index contributed by atoms with van der Waals surface area (Å²) in [4.78, 5) is 71.2. The minimum Gasteiger partial charge on any atom is -0.477 e. The zero-order chi connectivity index (χ0) is 27.6. The summed E-state index contributed by atoms with van der Waals surface area (Å²) in [6, 6.07) is -0.996. The van der Waals surface area contributed by atoms with Crippen molar-refractivity contribution >= 4 is 63.5 Å². The Kier molecular flexibility index (Phi) is 8.02. The van der Waals surface area contributed by atoms with Crippen LogP contribution >= 0.6 is 34.9 Å². The molecule has 0 saturated carbocycles. The second-order valence-corrected chi connectivity index (χ2v) is 10.4. The minimum absolute atomic E-state index is 0.174. The third-order valence-electron chi connectivity index (χ3n) is 5.33. The smallest absolute Gasteiger partial charge is 0.352 e. The molecule has 2 aromatic rings. The lowest BCUT2D eigenvalue weighted by molar-refractivity contribution is -0.150. The number of carboxylic acid groups (broad SMARTS) is 1. The van der Waals surface area contributed by atoms with Crippen LogP contribution in [0.5, 0.6) is 0 Å². The zero-order valence-corrected chi connectivity index (χ0v) is 22.2. The largest absolute Gasteiger partial charge is 0.477 e. The van der Waals surface area contributed by atoms with E-state index >= 15 is 0 Å². The minimum atomic E-state index is -1.31. The van der Waals surface area contributed by atoms with Crippen LogP contribution in [0.15, 0.2) is 48.0 Å². The maximum absolute atomic E-state index is 12.9. The van der Waals surface area contributed by atoms with Gasteiger partial charge in [-0.1, -0.05) is 16.9 Å². The van der Waals surface area contributed by atoms with Gasteiger partial charge in [0.2, 0.25) is 0 Å². The summed E-state index contributed by atoms with van der Waals surface area (Å²) in [7, 11) is 1.25. The number of nitrogen functional groups attached to an aromatic ring is 1. The van der Waals surface area contributed by atoms with Crippen LogP contribution in [0.3, 0.4) is 0 Å². The number of fused-ring (bicyclic) bond motifs is 1. The summed E-state index contributed by atoms with van der Waals surface area (Å²) in [5, 5.41) is 24.9. The number of β-lactam (4-membered cyclic amide) rings is 1. The number of rotatable bonds is 9. The van der Waals surface area contributed by atoms with Gasteiger partial charge >= 0.3 is 17.1 Å². The number of nitrogens with one attached hydrogen (secondary N) is 2. The van der Waals surface area contributed by atoms with E-state index in [1.165, 1.54) is 40.3 Å². The van der Waals surface area contributed by atoms with E-state index in [1.54, 1.807) is 6.92 Å². The lowest BCUT2D eigenvalue weighted by Gasteiger charge is -2.49. The van der Waals surface area contributed by atoms with Crippen LogP contribution in [-0.2, 0) is 25.8 Å². The number of hydrogen-bond acceptors (Lipinski definition) is 13. The number of oxime groups is 1. The first-order chi connectivity index (χ1) is 18.2. The first-order valence-corrected chi connectivity index (χ1v) is 13.6. The average Bonchev–Trinajstić information content (AvgIpc) is 3.32. The third-order valence-corrected chi connectivity index (χ3v) is 8.10. The molecule has 0 aromatic carbocycles. The predicted octanol–water partition coefficient (Wildman–Crippen LogP) is -0.615. The molecule has 4 rings (SSSR count). The molecule has 18 heteroatoms. The van der Waals surface area contributed by atoms with Crippen LogP contribution in [0.4, 0.5) is 5.13 Å². The predicted molar refractivity (Wildman–Crippen MR) is 140 cm³/mol. The number of amides is 2. The van der Waals surface area contributed by atoms with E-state index in [0.29, 0.717) is 5.57 Å². The van der Waals surface area contributed by atoms with Crippen molar-refractivity contribution in [3.8, 4) is 0 Å². The molecule has 1 fully saturated rings. The van der Waals surface area contributed by atoms with Crippen molar-refractivity contribution in [2.45, 2.75) is 30.0 Å². The second-order valence-electron chi connectivity index (χ2n) is 7.54. The highest BCUT2D eigenvalue weighted by atomic mass is 32.2. The van der Waals surface area contributed by atoms with Crippen molar-refractivity contribution in [2.75, 3.05) is 18.6 Å². The number of nitrogens with zero attached hydrogens (tertiary/aromatic N) is 5. The monoisotopic (exact) mass is 580 g/mol. The molecule has 0 spiro atoms. The molecule has 2 unspecified atom stereocenters. The van der Waals surface area contributed by atoms with E-state index < -0.39 is 40.3 Å². The van der Waals surface area contributed by atoms with Crippen LogP contribution in [0.2, 0.25) is 0 Å². The van der Waals surface area contributed by atoms with Crippen molar-refractivity contribution in [1.29, 1.82) is 0 Å². The number of H-pyrrole nitrogens is 1. The quantitative estimate of drug-likeness (QED) is 0.0960. The molecule has 2 aromatic heterocycles. The van der Waals surface area contributed by atoms with E-state index in [4.69, 9.17) is 10.6 Å². The van der Waals surface area contributed by atoms with Gasteiger partial charge in [-0.15, -0.1) is 28.2 Å². The molecule has 200 valence electrons. The van der Waals surface area contributed by atoms with Gasteiger partial charge in [0.05, 0.1) is 0 Å². The first-order valence-electron chi connectivity index (χ1n) is 10.7. The summed E-state index contributed by atoms with van der Waals surface area (Å²) >= 11 is 3.37. The SMILES string of the molecule is CCn1c(SC=CC2=C(C(=O)O)N3C(=O)C(NC(=O)C(=NOC)c4csc(N)n4)C3SC2)n[nH]c(=O)c1=O. The molecule has 5 N–H and O–H groups in total. The molecule has 0 aliphatic carbocycles. The van der Waals surface area contributed by atoms with Gasteiger partial charge in [-0.05, 0) is 24.0 Å². The van der Waals surface area contributed by atoms with Gasteiger partial charge in [-0.25, -0.2) is 14.9 Å². The van der Waals surface area contributed by atoms with Gasteiger partial charge in [0.25, 0.3) is 11.8 Å². The topological polar surface area (TPSA) is 215 Å². The second kappa shape index (κ2) is 11.2. The molecule has 2 aliphatic rings. The number of thioether (sulfide) groups is 2. The van der Waals surface area contributed by atoms with Crippen LogP contribution in [0.1, 0.15) is 12.6 Å². The van der Waals surface area contributed by atoms with Gasteiger partial charge < -0.3 is 21.0 Å². The number of allylic oxidation sites excluding steroid dienone is 1. The lowest BCUT2D eigenvalue weighted by atomic mass is 10.0. The van der Waals surface area contributed by atoms with Crippen LogP contribution in [0.25, 0.3) is 0 Å². The van der Waals surface area contributed by atoms with Gasteiger partial charge in [-0.3, -0.25) is 28.6 Å². The highest BCUT2D eigenvalue weighted by Crippen LogP contribution is 2.41. The molecule has 2 atom stereocenters. The van der Waals surface area contributed by atoms with E-state index in [0.717, 1.165) is 28.0 Å². The number of aliphatic carboxylic acids is 1. The molecule has 2 amide bonds. The number of carbonyl (C=O) groups is 3. The Morgan fingerprint density at radius 1 is 1.42 bits per heavy atom. The summed E-state index contributed by atoms with van der Waals surface area (Å²) in [6.45, 7) is 1.90. The van der Waals surface area contributed by atoms with Gasteiger partial charge in [0.1, 0.15) is 29.9 Å².